The molecule has 3 heterocycles. The molecule has 9 heteroatoms. The van der Waals surface area contributed by atoms with Crippen LogP contribution >= 0.6 is 34.8 Å². The van der Waals surface area contributed by atoms with E-state index in [-0.39, 0.29) is 6.10 Å². The van der Waals surface area contributed by atoms with Gasteiger partial charge in [0.1, 0.15) is 5.75 Å². The van der Waals surface area contributed by atoms with Crippen molar-refractivity contribution in [1.82, 2.24) is 14.9 Å². The average molecular weight is 599 g/mol. The third kappa shape index (κ3) is 5.52. The second-order valence-corrected chi connectivity index (χ2v) is 11.1. The summed E-state index contributed by atoms with van der Waals surface area (Å²) < 4.78 is 11.2. The van der Waals surface area contributed by atoms with E-state index in [2.05, 4.69) is 20.9 Å². The Labute approximate surface area is 249 Å². The number of ether oxygens (including phenoxy) is 2. The predicted molar refractivity (Wildman–Crippen MR) is 162 cm³/mol. The first-order valence-electron chi connectivity index (χ1n) is 13.0. The molecular weight excluding hydrogens is 569 g/mol. The largest absolute Gasteiger partial charge is 0.496 e. The third-order valence-corrected chi connectivity index (χ3v) is 8.39. The first kappa shape index (κ1) is 28.7. The molecule has 2 aromatic heterocycles. The number of benzene rings is 2. The summed E-state index contributed by atoms with van der Waals surface area (Å²) in [6, 6.07) is 13.5. The van der Waals surface area contributed by atoms with Gasteiger partial charge in [-0.3, -0.25) is 9.88 Å². The molecule has 40 heavy (non-hydrogen) atoms. The van der Waals surface area contributed by atoms with Crippen LogP contribution in [0.3, 0.4) is 0 Å². The van der Waals surface area contributed by atoms with Gasteiger partial charge in [-0.2, -0.15) is 0 Å². The van der Waals surface area contributed by atoms with Gasteiger partial charge in [0.05, 0.1) is 46.8 Å². The molecule has 1 aliphatic heterocycles. The molecule has 4 aromatic rings. The Morgan fingerprint density at radius 1 is 1.00 bits per heavy atom. The van der Waals surface area contributed by atoms with E-state index in [0.29, 0.717) is 44.4 Å². The van der Waals surface area contributed by atoms with E-state index in [0.717, 1.165) is 53.1 Å². The molecule has 1 aliphatic rings. The summed E-state index contributed by atoms with van der Waals surface area (Å²) in [6.45, 7) is 5.86. The van der Waals surface area contributed by atoms with Gasteiger partial charge in [0.15, 0.2) is 0 Å². The van der Waals surface area contributed by atoms with Crippen LogP contribution in [-0.2, 0) is 13.0 Å². The van der Waals surface area contributed by atoms with E-state index < -0.39 is 0 Å². The van der Waals surface area contributed by atoms with Crippen molar-refractivity contribution in [2.24, 2.45) is 0 Å². The van der Waals surface area contributed by atoms with Crippen LogP contribution in [0.2, 0.25) is 15.1 Å². The van der Waals surface area contributed by atoms with E-state index in [4.69, 9.17) is 44.3 Å². The minimum atomic E-state index is -0.385. The van der Waals surface area contributed by atoms with E-state index in [1.807, 2.05) is 44.2 Å². The zero-order valence-electron chi connectivity index (χ0n) is 22.8. The molecule has 0 fully saturated rings. The topological polar surface area (TPSA) is 67.7 Å². The van der Waals surface area contributed by atoms with Crippen LogP contribution in [0.15, 0.2) is 48.7 Å². The number of hydrogen-bond donors (Lipinski definition) is 1. The van der Waals surface area contributed by atoms with Crippen molar-refractivity contribution < 1.29 is 14.6 Å². The Morgan fingerprint density at radius 2 is 1.75 bits per heavy atom. The summed E-state index contributed by atoms with van der Waals surface area (Å²) in [5.41, 5.74) is 7.42. The van der Waals surface area contributed by atoms with Crippen LogP contribution in [-0.4, -0.2) is 53.4 Å². The van der Waals surface area contributed by atoms with E-state index in [1.54, 1.807) is 26.5 Å². The Bertz CT molecular complexity index is 1560. The number of halogens is 3. The van der Waals surface area contributed by atoms with Gasteiger partial charge >= 0.3 is 0 Å². The van der Waals surface area contributed by atoms with Crippen LogP contribution < -0.4 is 9.47 Å². The Balaban J connectivity index is 1.56. The fourth-order valence-electron chi connectivity index (χ4n) is 5.22. The lowest BCUT2D eigenvalue weighted by atomic mass is 9.93. The summed E-state index contributed by atoms with van der Waals surface area (Å²) >= 11 is 20.5. The van der Waals surface area contributed by atoms with Crippen LogP contribution in [0.5, 0.6) is 11.6 Å². The number of pyridine rings is 2. The number of nitrogens with zero attached hydrogens (tertiary/aromatic N) is 3. The number of aromatic nitrogens is 2. The molecular formula is C31H30Cl3N3O3. The van der Waals surface area contributed by atoms with Gasteiger partial charge in [0.2, 0.25) is 5.88 Å². The Hall–Kier alpha value is -2.87. The highest BCUT2D eigenvalue weighted by Gasteiger charge is 2.24. The van der Waals surface area contributed by atoms with Crippen molar-refractivity contribution in [3.8, 4) is 45.3 Å². The minimum absolute atomic E-state index is 0.385. The number of methoxy groups -OCH3 is 2. The van der Waals surface area contributed by atoms with Gasteiger partial charge < -0.3 is 14.6 Å². The minimum Gasteiger partial charge on any atom is -0.496 e. The van der Waals surface area contributed by atoms with Crippen molar-refractivity contribution in [3.63, 3.8) is 0 Å². The van der Waals surface area contributed by atoms with Gasteiger partial charge in [0.25, 0.3) is 0 Å². The zero-order chi connectivity index (χ0) is 28.6. The zero-order valence-corrected chi connectivity index (χ0v) is 25.0. The molecule has 0 spiro atoms. The normalized spacial score (nSPS) is 14.1. The summed E-state index contributed by atoms with van der Waals surface area (Å²) in [5.74, 6) is 1.23. The average Bonchev–Trinajstić information content (AvgIpc) is 2.94. The molecule has 0 radical (unpaired) electrons. The summed E-state index contributed by atoms with van der Waals surface area (Å²) in [7, 11) is 3.23. The molecule has 0 amide bonds. The van der Waals surface area contributed by atoms with Gasteiger partial charge in [-0.25, -0.2) is 4.98 Å². The van der Waals surface area contributed by atoms with E-state index in [1.165, 1.54) is 5.56 Å². The number of β-amino-alcohol motifs (C(OH)–C–C–N with tert-alkyl or cyclic N) is 1. The highest BCUT2D eigenvalue weighted by molar-refractivity contribution is 6.39. The van der Waals surface area contributed by atoms with E-state index in [9.17, 15) is 5.11 Å². The number of hydrogen-bond acceptors (Lipinski definition) is 6. The van der Waals surface area contributed by atoms with Gasteiger partial charge in [-0.05, 0) is 50.1 Å². The number of aliphatic hydroxyl groups excluding tert-OH is 1. The van der Waals surface area contributed by atoms with E-state index >= 15 is 0 Å². The maximum atomic E-state index is 9.85. The predicted octanol–water partition coefficient (Wildman–Crippen LogP) is 7.50. The van der Waals surface area contributed by atoms with Gasteiger partial charge in [-0.1, -0.05) is 53.0 Å². The molecule has 1 N–H and O–H groups in total. The monoisotopic (exact) mass is 597 g/mol. The Kier molecular flexibility index (Phi) is 8.55. The Morgan fingerprint density at radius 3 is 2.48 bits per heavy atom. The highest BCUT2D eigenvalue weighted by Crippen LogP contribution is 2.43. The molecule has 1 atom stereocenters. The maximum Gasteiger partial charge on any atom is 0.218 e. The second-order valence-electron chi connectivity index (χ2n) is 9.96. The first-order chi connectivity index (χ1) is 19.2. The molecule has 0 unspecified atom stereocenters. The van der Waals surface area contributed by atoms with Crippen molar-refractivity contribution in [2.45, 2.75) is 32.9 Å². The molecule has 5 rings (SSSR count). The molecule has 6 nitrogen and oxygen atoms in total. The van der Waals surface area contributed by atoms with Crippen LogP contribution in [0.4, 0.5) is 0 Å². The lowest BCUT2D eigenvalue weighted by molar-refractivity contribution is 0.118. The van der Waals surface area contributed by atoms with Crippen molar-refractivity contribution >= 4 is 34.8 Å². The lowest BCUT2D eigenvalue weighted by Gasteiger charge is -2.31. The fourth-order valence-corrected chi connectivity index (χ4v) is 6.05. The molecule has 208 valence electrons. The fraction of sp³-hybridized carbons (Fsp3) is 0.290. The standard InChI is InChI=1S/C31H30Cl3N3O3/c1-17(38)15-37-11-9-19-12-20(13-27(39-3)24(19)16-37)30-29(34)22(8-10-35-30)21-6-5-7-23(28(21)33)26-14-25(32)18(2)31(36-26)40-4/h5-8,10,12-14,17,38H,9,11,15-16H2,1-4H3/t17-/m1/s1. The van der Waals surface area contributed by atoms with Crippen molar-refractivity contribution in [2.75, 3.05) is 27.3 Å². The van der Waals surface area contributed by atoms with Gasteiger partial charge in [-0.15, -0.1) is 0 Å². The third-order valence-electron chi connectivity index (χ3n) is 7.21. The van der Waals surface area contributed by atoms with Crippen LogP contribution in [0, 0.1) is 6.92 Å². The molecule has 0 bridgehead atoms. The van der Waals surface area contributed by atoms with Crippen molar-refractivity contribution in [3.05, 3.63) is 80.4 Å². The summed E-state index contributed by atoms with van der Waals surface area (Å²) in [5, 5.41) is 11.4. The number of fused-ring (bicyclic) bond motifs is 1. The lowest BCUT2D eigenvalue weighted by Crippen LogP contribution is -2.35. The first-order valence-corrected chi connectivity index (χ1v) is 14.1. The molecule has 0 saturated heterocycles. The summed E-state index contributed by atoms with van der Waals surface area (Å²) in [4.78, 5) is 11.5. The number of aliphatic hydroxyl groups is 1. The maximum absolute atomic E-state index is 9.85. The quantitative estimate of drug-likeness (QED) is 0.238. The van der Waals surface area contributed by atoms with Crippen molar-refractivity contribution in [1.29, 1.82) is 0 Å². The molecule has 0 aliphatic carbocycles. The second kappa shape index (κ2) is 11.9. The summed E-state index contributed by atoms with van der Waals surface area (Å²) in [6.07, 6.45) is 2.19. The molecule has 0 saturated carbocycles. The van der Waals surface area contributed by atoms with Gasteiger partial charge in [0, 0.05) is 59.2 Å². The van der Waals surface area contributed by atoms with Crippen LogP contribution in [0.1, 0.15) is 23.6 Å². The SMILES string of the molecule is COc1cc(-c2nccc(-c3cccc(-c4cc(Cl)c(C)c(OC)n4)c3Cl)c2Cl)cc2c1CN(C[C@@H](C)O)CC2. The number of rotatable bonds is 7. The van der Waals surface area contributed by atoms with Crippen LogP contribution in [0.25, 0.3) is 33.6 Å². The highest BCUT2D eigenvalue weighted by atomic mass is 35.5. The molecule has 2 aromatic carbocycles. The smallest absolute Gasteiger partial charge is 0.218 e.